The molecule has 100 heavy (non-hydrogen) atoms. The molecular weight excluding hydrogens is 1210 g/mol. The number of hydrogen-bond donors (Lipinski definition) is 0. The normalized spacial score (nSPS) is 11.6. The fraction of sp³-hybridized carbons (Fsp3) is 0. The minimum absolute atomic E-state index is 0.967. The van der Waals surface area contributed by atoms with E-state index in [1.54, 1.807) is 0 Å². The fourth-order valence-corrected chi connectivity index (χ4v) is 15.5. The third kappa shape index (κ3) is 10.1. The Morgan fingerprint density at radius 2 is 0.500 bits per heavy atom. The Morgan fingerprint density at radius 1 is 0.160 bits per heavy atom. The van der Waals surface area contributed by atoms with Gasteiger partial charge < -0.3 is 0 Å². The second-order valence-electron chi connectivity index (χ2n) is 25.9. The smallest absolute Gasteiger partial charge is 0.0794 e. The largest absolute Gasteiger partial charge is 0.256 e. The molecule has 0 N–H and O–H groups in total. The lowest BCUT2D eigenvalue weighted by Gasteiger charge is -2.17. The third-order valence-electron chi connectivity index (χ3n) is 20.2. The number of benzene rings is 16. The van der Waals surface area contributed by atoms with Crippen LogP contribution in [0.4, 0.5) is 0 Å². The van der Waals surface area contributed by atoms with E-state index in [-0.39, 0.29) is 0 Å². The lowest BCUT2D eigenvalue weighted by molar-refractivity contribution is 1.41. The van der Waals surface area contributed by atoms with Crippen LogP contribution in [0.25, 0.3) is 198 Å². The molecule has 0 atom stereocenters. The molecule has 0 saturated heterocycles. The molecule has 464 valence electrons. The van der Waals surface area contributed by atoms with Crippen molar-refractivity contribution in [3.63, 3.8) is 0 Å². The highest BCUT2D eigenvalue weighted by Crippen LogP contribution is 2.46. The summed E-state index contributed by atoms with van der Waals surface area (Å²) in [6.07, 6.45) is 3.77. The van der Waals surface area contributed by atoms with Crippen LogP contribution >= 0.6 is 0 Å². The van der Waals surface area contributed by atoms with Gasteiger partial charge in [0.2, 0.25) is 0 Å². The molecule has 0 unspecified atom stereocenters. The van der Waals surface area contributed by atoms with Crippen LogP contribution in [0.3, 0.4) is 0 Å². The lowest BCUT2D eigenvalue weighted by atomic mass is 9.88. The molecule has 16 aromatic carbocycles. The second-order valence-corrected chi connectivity index (χ2v) is 25.9. The van der Waals surface area contributed by atoms with Crippen molar-refractivity contribution in [2.45, 2.75) is 0 Å². The monoisotopic (exact) mass is 1270 g/mol. The van der Waals surface area contributed by atoms with Crippen molar-refractivity contribution in [3.8, 4) is 89.3 Å². The molecule has 20 aromatic rings. The Labute approximate surface area is 578 Å². The van der Waals surface area contributed by atoms with Crippen molar-refractivity contribution >= 4 is 108 Å². The Morgan fingerprint density at radius 3 is 0.970 bits per heavy atom. The molecule has 0 aliphatic rings. The maximum absolute atomic E-state index is 5.50. The van der Waals surface area contributed by atoms with Crippen LogP contribution in [0.2, 0.25) is 0 Å². The molecule has 0 spiro atoms. The summed E-state index contributed by atoms with van der Waals surface area (Å²) in [6, 6.07) is 127. The van der Waals surface area contributed by atoms with Crippen molar-refractivity contribution in [1.82, 2.24) is 19.9 Å². The topological polar surface area (TPSA) is 51.6 Å². The number of nitrogens with zero attached hydrogens (tertiary/aromatic N) is 4. The predicted molar refractivity (Wildman–Crippen MR) is 423 cm³/mol. The summed E-state index contributed by atoms with van der Waals surface area (Å²) < 4.78 is 0. The lowest BCUT2D eigenvalue weighted by Crippen LogP contribution is -1.94. The van der Waals surface area contributed by atoms with Crippen LogP contribution in [-0.2, 0) is 0 Å². The van der Waals surface area contributed by atoms with Crippen LogP contribution in [0.5, 0.6) is 0 Å². The van der Waals surface area contributed by atoms with Gasteiger partial charge in [0.05, 0.1) is 33.5 Å². The van der Waals surface area contributed by atoms with Gasteiger partial charge in [0, 0.05) is 61.4 Å². The summed E-state index contributed by atoms with van der Waals surface area (Å²) in [5, 5.41) is 19.0. The molecular formula is C96H60N4. The summed E-state index contributed by atoms with van der Waals surface area (Å²) in [6.45, 7) is 0. The van der Waals surface area contributed by atoms with E-state index in [0.717, 1.165) is 110 Å². The molecule has 0 radical (unpaired) electrons. The maximum Gasteiger partial charge on any atom is 0.0794 e. The molecule has 4 aromatic heterocycles. The molecule has 0 amide bonds. The zero-order chi connectivity index (χ0) is 66.0. The average Bonchev–Trinajstić information content (AvgIpc) is 0.737. The molecule has 0 fully saturated rings. The molecule has 0 aliphatic heterocycles. The highest BCUT2D eigenvalue weighted by Gasteiger charge is 2.21. The summed E-state index contributed by atoms with van der Waals surface area (Å²) in [4.78, 5) is 20.3. The van der Waals surface area contributed by atoms with Gasteiger partial charge in [-0.25, -0.2) is 9.97 Å². The van der Waals surface area contributed by atoms with Gasteiger partial charge in [-0.1, -0.05) is 309 Å². The average molecular weight is 1270 g/mol. The molecule has 20 rings (SSSR count). The van der Waals surface area contributed by atoms with Gasteiger partial charge in [-0.05, 0) is 158 Å². The number of hydrogen-bond acceptors (Lipinski definition) is 4. The number of aromatic nitrogens is 4. The molecule has 4 heterocycles. The molecule has 0 saturated carbocycles. The summed E-state index contributed by atoms with van der Waals surface area (Å²) in [5.41, 5.74) is 22.4. The van der Waals surface area contributed by atoms with E-state index in [0.29, 0.717) is 0 Å². The van der Waals surface area contributed by atoms with Crippen LogP contribution in [0, 0.1) is 0 Å². The van der Waals surface area contributed by atoms with Crippen LogP contribution in [0.15, 0.2) is 364 Å². The van der Waals surface area contributed by atoms with Crippen molar-refractivity contribution in [1.29, 1.82) is 0 Å². The maximum atomic E-state index is 5.50. The van der Waals surface area contributed by atoms with Gasteiger partial charge in [-0.15, -0.1) is 0 Å². The Balaban J connectivity index is 0.000000139. The van der Waals surface area contributed by atoms with Gasteiger partial charge >= 0.3 is 0 Å². The third-order valence-corrected chi connectivity index (χ3v) is 20.2. The Hall–Kier alpha value is -13.3. The molecule has 0 bridgehead atoms. The van der Waals surface area contributed by atoms with E-state index in [1.165, 1.54) is 87.2 Å². The van der Waals surface area contributed by atoms with Crippen LogP contribution < -0.4 is 0 Å². The second kappa shape index (κ2) is 24.4. The number of rotatable bonds is 8. The van der Waals surface area contributed by atoms with Crippen molar-refractivity contribution in [2.24, 2.45) is 0 Å². The summed E-state index contributed by atoms with van der Waals surface area (Å²) >= 11 is 0. The van der Waals surface area contributed by atoms with Gasteiger partial charge in [0.15, 0.2) is 0 Å². The standard InChI is InChI=1S/2C48H30N2/c1-3-17-36-31(11-1)13-7-22-39(36)44-29-45-43(34-26-24-33(25-27-34)38-21-9-15-35-16-10-28-49-47(35)38)30-46(50-48(45)42-20-6-5-19-40(42)44)41-23-8-14-32-12-2-4-18-37(32)41;1-3-15-35-31(11-1)13-9-20-38(35)44-29-45-43(34-25-23-33(24-26-34)37-27-28-49-46-22-8-7-18-40(37)46)30-47(50-48(45)42-19-6-5-17-39(42)44)41-21-10-14-32-12-2-4-16-36(32)41/h2*1-30H. The number of fused-ring (bicyclic) bond motifs is 12. The Bertz CT molecular complexity index is 6220. The van der Waals surface area contributed by atoms with Crippen molar-refractivity contribution in [3.05, 3.63) is 364 Å². The molecule has 4 heteroatoms. The van der Waals surface area contributed by atoms with Crippen LogP contribution in [-0.4, -0.2) is 19.9 Å². The first-order valence-corrected chi connectivity index (χ1v) is 34.1. The highest BCUT2D eigenvalue weighted by molar-refractivity contribution is 6.21. The zero-order valence-corrected chi connectivity index (χ0v) is 54.4. The van der Waals surface area contributed by atoms with Crippen molar-refractivity contribution in [2.75, 3.05) is 0 Å². The predicted octanol–water partition coefficient (Wildman–Crippen LogP) is 25.8. The van der Waals surface area contributed by atoms with E-state index < -0.39 is 0 Å². The van der Waals surface area contributed by atoms with Crippen molar-refractivity contribution < 1.29 is 0 Å². The Kier molecular flexibility index (Phi) is 14.2. The quantitative estimate of drug-likeness (QED) is 0.142. The van der Waals surface area contributed by atoms with E-state index >= 15 is 0 Å². The highest BCUT2D eigenvalue weighted by atomic mass is 14.7. The molecule has 0 aliphatic carbocycles. The SMILES string of the molecule is c1ccc2c(-c3cc(-c4ccc(-c5cccc6cccnc56)cc4)c4cc(-c5cccc6ccccc56)c5ccccc5c4n3)cccc2c1.c1ccc2c(-c3cc(-c4ccc(-c5ccnc6ccccc56)cc4)c4cc(-c5cccc6ccccc56)c5ccccc5c4n3)cccc2c1. The minimum atomic E-state index is 0.967. The number of pyridine rings is 4. The van der Waals surface area contributed by atoms with Crippen LogP contribution in [0.1, 0.15) is 0 Å². The van der Waals surface area contributed by atoms with E-state index in [9.17, 15) is 0 Å². The first-order chi connectivity index (χ1) is 49.6. The summed E-state index contributed by atoms with van der Waals surface area (Å²) in [7, 11) is 0. The zero-order valence-electron chi connectivity index (χ0n) is 54.4. The van der Waals surface area contributed by atoms with E-state index in [2.05, 4.69) is 345 Å². The molecule has 4 nitrogen and oxygen atoms in total. The first kappa shape index (κ1) is 58.1. The number of para-hydroxylation sites is 2. The summed E-state index contributed by atoms with van der Waals surface area (Å²) in [5.74, 6) is 0. The van der Waals surface area contributed by atoms with E-state index in [4.69, 9.17) is 15.0 Å². The van der Waals surface area contributed by atoms with Gasteiger partial charge in [0.1, 0.15) is 0 Å². The van der Waals surface area contributed by atoms with Gasteiger partial charge in [-0.3, -0.25) is 9.97 Å². The van der Waals surface area contributed by atoms with Gasteiger partial charge in [-0.2, -0.15) is 0 Å². The fourth-order valence-electron chi connectivity index (χ4n) is 15.5. The first-order valence-electron chi connectivity index (χ1n) is 34.1. The van der Waals surface area contributed by atoms with E-state index in [1.807, 2.05) is 24.5 Å². The van der Waals surface area contributed by atoms with Gasteiger partial charge in [0.25, 0.3) is 0 Å². The minimum Gasteiger partial charge on any atom is -0.256 e.